The van der Waals surface area contributed by atoms with Crippen molar-refractivity contribution in [1.29, 1.82) is 0 Å². The minimum Gasteiger partial charge on any atom is -0.444 e. The Kier molecular flexibility index (Phi) is 4.44. The second-order valence-corrected chi connectivity index (χ2v) is 5.63. The van der Waals surface area contributed by atoms with Gasteiger partial charge in [0.05, 0.1) is 0 Å². The molecule has 1 heterocycles. The molecule has 1 atom stereocenters. The first kappa shape index (κ1) is 12.8. The molecule has 0 aromatic rings. The highest BCUT2D eigenvalue weighted by Gasteiger charge is 2.29. The fraction of sp³-hybridized carbons (Fsp3) is 0.909. The van der Waals surface area contributed by atoms with E-state index in [9.17, 15) is 4.79 Å². The summed E-state index contributed by atoms with van der Waals surface area (Å²) in [4.78, 5) is 13.7. The van der Waals surface area contributed by atoms with Gasteiger partial charge in [-0.15, -0.1) is 0 Å². The summed E-state index contributed by atoms with van der Waals surface area (Å²) < 4.78 is 5.38. The summed E-state index contributed by atoms with van der Waals surface area (Å²) in [5.74, 6) is 0. The molecule has 1 rings (SSSR count). The molecule has 0 aliphatic carbocycles. The Morgan fingerprint density at radius 3 is 2.67 bits per heavy atom. The third-order valence-corrected chi connectivity index (χ3v) is 3.18. The average Bonchev–Trinajstić information content (AvgIpc) is 2.15. The second-order valence-electron chi connectivity index (χ2n) is 4.98. The molecule has 1 amide bonds. The van der Waals surface area contributed by atoms with Crippen LogP contribution in [0.5, 0.6) is 0 Å². The van der Waals surface area contributed by atoms with Gasteiger partial charge < -0.3 is 9.64 Å². The van der Waals surface area contributed by atoms with E-state index in [1.807, 2.05) is 25.7 Å². The van der Waals surface area contributed by atoms with E-state index >= 15 is 0 Å². The van der Waals surface area contributed by atoms with Gasteiger partial charge in [0, 0.05) is 17.9 Å². The first-order valence-corrected chi connectivity index (χ1v) is 6.62. The van der Waals surface area contributed by atoms with Crippen LogP contribution < -0.4 is 0 Å². The van der Waals surface area contributed by atoms with Crippen LogP contribution in [0.4, 0.5) is 4.79 Å². The van der Waals surface area contributed by atoms with Gasteiger partial charge in [0.2, 0.25) is 0 Å². The Balaban J connectivity index is 2.56. The van der Waals surface area contributed by atoms with Gasteiger partial charge >= 0.3 is 6.09 Å². The van der Waals surface area contributed by atoms with Gasteiger partial charge in [0.25, 0.3) is 0 Å². The molecule has 1 aliphatic heterocycles. The summed E-state index contributed by atoms with van der Waals surface area (Å²) in [6.45, 7) is 6.53. The van der Waals surface area contributed by atoms with Crippen molar-refractivity contribution >= 4 is 22.0 Å². The number of piperidine rings is 1. The molecule has 0 unspecified atom stereocenters. The monoisotopic (exact) mass is 277 g/mol. The van der Waals surface area contributed by atoms with E-state index in [4.69, 9.17) is 4.74 Å². The normalized spacial score (nSPS) is 22.7. The van der Waals surface area contributed by atoms with Crippen LogP contribution in [0.2, 0.25) is 0 Å². The van der Waals surface area contributed by atoms with Gasteiger partial charge in [-0.05, 0) is 40.0 Å². The zero-order valence-electron chi connectivity index (χ0n) is 9.75. The van der Waals surface area contributed by atoms with Crippen molar-refractivity contribution in [3.63, 3.8) is 0 Å². The highest BCUT2D eigenvalue weighted by atomic mass is 79.9. The molecule has 0 N–H and O–H groups in total. The standard InChI is InChI=1S/C11H20BrNO2/c1-11(2,3)15-10(14)13-7-5-4-6-9(13)8-12/h9H,4-8H2,1-3H3/t9-/m1/s1. The topological polar surface area (TPSA) is 29.5 Å². The Morgan fingerprint density at radius 1 is 1.47 bits per heavy atom. The van der Waals surface area contributed by atoms with Crippen LogP contribution in [0.1, 0.15) is 40.0 Å². The average molecular weight is 278 g/mol. The molecule has 15 heavy (non-hydrogen) atoms. The summed E-state index contributed by atoms with van der Waals surface area (Å²) in [6, 6.07) is 0.300. The van der Waals surface area contributed by atoms with Crippen molar-refractivity contribution in [2.75, 3.05) is 11.9 Å². The van der Waals surface area contributed by atoms with E-state index in [-0.39, 0.29) is 6.09 Å². The van der Waals surface area contributed by atoms with Crippen molar-refractivity contribution in [1.82, 2.24) is 4.90 Å². The van der Waals surface area contributed by atoms with Crippen molar-refractivity contribution in [2.45, 2.75) is 51.7 Å². The molecular weight excluding hydrogens is 258 g/mol. The molecule has 3 nitrogen and oxygen atoms in total. The molecule has 1 fully saturated rings. The lowest BCUT2D eigenvalue weighted by Gasteiger charge is -2.35. The van der Waals surface area contributed by atoms with E-state index in [1.165, 1.54) is 6.42 Å². The molecule has 4 heteroatoms. The molecule has 0 saturated carbocycles. The minimum atomic E-state index is -0.397. The number of carbonyl (C=O) groups is 1. The third kappa shape index (κ3) is 4.01. The summed E-state index contributed by atoms with van der Waals surface area (Å²) in [5.41, 5.74) is -0.397. The Bertz CT molecular complexity index is 225. The number of ether oxygens (including phenoxy) is 1. The lowest BCUT2D eigenvalue weighted by Crippen LogP contribution is -2.46. The fourth-order valence-corrected chi connectivity index (χ4v) is 2.40. The Labute approximate surface area is 100 Å². The van der Waals surface area contributed by atoms with Gasteiger partial charge in [-0.2, -0.15) is 0 Å². The van der Waals surface area contributed by atoms with Crippen LogP contribution >= 0.6 is 15.9 Å². The van der Waals surface area contributed by atoms with Gasteiger partial charge in [0.1, 0.15) is 5.60 Å². The Hall–Kier alpha value is -0.250. The largest absolute Gasteiger partial charge is 0.444 e. The smallest absolute Gasteiger partial charge is 0.410 e. The number of halogens is 1. The van der Waals surface area contributed by atoms with Crippen LogP contribution in [-0.4, -0.2) is 34.5 Å². The second kappa shape index (κ2) is 5.19. The molecule has 0 bridgehead atoms. The van der Waals surface area contributed by atoms with Crippen LogP contribution in [-0.2, 0) is 4.74 Å². The molecular formula is C11H20BrNO2. The molecule has 0 aromatic heterocycles. The van der Waals surface area contributed by atoms with Crippen molar-refractivity contribution in [3.8, 4) is 0 Å². The predicted molar refractivity (Wildman–Crippen MR) is 64.4 cm³/mol. The maximum atomic E-state index is 11.9. The molecule has 0 aromatic carbocycles. The predicted octanol–water partition coefficient (Wildman–Crippen LogP) is 3.17. The minimum absolute atomic E-state index is 0.174. The lowest BCUT2D eigenvalue weighted by atomic mass is 10.0. The number of likely N-dealkylation sites (tertiary alicyclic amines) is 1. The first-order chi connectivity index (χ1) is 6.94. The quantitative estimate of drug-likeness (QED) is 0.689. The van der Waals surface area contributed by atoms with Crippen LogP contribution in [0.15, 0.2) is 0 Å². The summed E-state index contributed by atoms with van der Waals surface area (Å²) in [5, 5.41) is 0.840. The summed E-state index contributed by atoms with van der Waals surface area (Å²) in [6.07, 6.45) is 3.19. The number of rotatable bonds is 1. The fourth-order valence-electron chi connectivity index (χ4n) is 1.72. The molecule has 0 radical (unpaired) electrons. The third-order valence-electron chi connectivity index (χ3n) is 2.43. The number of nitrogens with zero attached hydrogens (tertiary/aromatic N) is 1. The van der Waals surface area contributed by atoms with Crippen LogP contribution in [0.25, 0.3) is 0 Å². The highest BCUT2D eigenvalue weighted by molar-refractivity contribution is 9.09. The van der Waals surface area contributed by atoms with Gasteiger partial charge in [-0.3, -0.25) is 0 Å². The number of hydrogen-bond donors (Lipinski definition) is 0. The number of carbonyl (C=O) groups excluding carboxylic acids is 1. The molecule has 88 valence electrons. The molecule has 0 spiro atoms. The summed E-state index contributed by atoms with van der Waals surface area (Å²) in [7, 11) is 0. The van der Waals surface area contributed by atoms with Crippen LogP contribution in [0, 0.1) is 0 Å². The van der Waals surface area contributed by atoms with Crippen molar-refractivity contribution in [3.05, 3.63) is 0 Å². The lowest BCUT2D eigenvalue weighted by molar-refractivity contribution is 0.0127. The zero-order valence-corrected chi connectivity index (χ0v) is 11.3. The van der Waals surface area contributed by atoms with E-state index in [1.54, 1.807) is 0 Å². The van der Waals surface area contributed by atoms with E-state index in [2.05, 4.69) is 15.9 Å². The van der Waals surface area contributed by atoms with Gasteiger partial charge in [-0.1, -0.05) is 15.9 Å². The molecule has 1 saturated heterocycles. The highest BCUT2D eigenvalue weighted by Crippen LogP contribution is 2.21. The van der Waals surface area contributed by atoms with Crippen molar-refractivity contribution in [2.24, 2.45) is 0 Å². The van der Waals surface area contributed by atoms with E-state index in [0.29, 0.717) is 6.04 Å². The van der Waals surface area contributed by atoms with Crippen LogP contribution in [0.3, 0.4) is 0 Å². The number of amides is 1. The zero-order chi connectivity index (χ0) is 11.5. The maximum absolute atomic E-state index is 11.9. The summed E-state index contributed by atoms with van der Waals surface area (Å²) >= 11 is 3.45. The van der Waals surface area contributed by atoms with E-state index in [0.717, 1.165) is 24.7 Å². The van der Waals surface area contributed by atoms with Gasteiger partial charge in [-0.25, -0.2) is 4.79 Å². The maximum Gasteiger partial charge on any atom is 0.410 e. The Morgan fingerprint density at radius 2 is 2.13 bits per heavy atom. The SMILES string of the molecule is CC(C)(C)OC(=O)N1CCCC[C@@H]1CBr. The van der Waals surface area contributed by atoms with Gasteiger partial charge in [0.15, 0.2) is 0 Å². The van der Waals surface area contributed by atoms with Crippen molar-refractivity contribution < 1.29 is 9.53 Å². The van der Waals surface area contributed by atoms with E-state index < -0.39 is 5.60 Å². The molecule has 1 aliphatic rings. The number of hydrogen-bond acceptors (Lipinski definition) is 2. The first-order valence-electron chi connectivity index (χ1n) is 5.49. The number of alkyl halides is 1.